The second-order valence-electron chi connectivity index (χ2n) is 8.43. The molecule has 0 aliphatic heterocycles. The molecular weight excluding hydrogens is 457 g/mol. The van der Waals surface area contributed by atoms with Crippen molar-refractivity contribution in [1.29, 1.82) is 0 Å². The number of hydrogen-bond acceptors (Lipinski definition) is 3. The number of benzene rings is 3. The van der Waals surface area contributed by atoms with Crippen molar-refractivity contribution in [3.63, 3.8) is 0 Å². The lowest BCUT2D eigenvalue weighted by Gasteiger charge is -2.12. The minimum Gasteiger partial charge on any atom is -0.406 e. The highest BCUT2D eigenvalue weighted by Crippen LogP contribution is 2.24. The first-order valence-electron chi connectivity index (χ1n) is 10.9. The monoisotopic (exact) mass is 480 g/mol. The number of carbonyl (C=O) groups is 1. The third kappa shape index (κ3) is 6.09. The van der Waals surface area contributed by atoms with Crippen molar-refractivity contribution in [1.82, 2.24) is 4.57 Å². The SMILES string of the molecule is Cc1cc(C)cc(CC(=O)Nc2cccc3c(=O)n(Cc4ccc(OC(F)(F)F)cc4)ccc23)c1. The van der Waals surface area contributed by atoms with Gasteiger partial charge in [-0.15, -0.1) is 13.2 Å². The molecule has 0 saturated heterocycles. The molecule has 8 heteroatoms. The Balaban J connectivity index is 1.53. The van der Waals surface area contributed by atoms with Crippen LogP contribution in [0.15, 0.2) is 77.7 Å². The molecule has 1 N–H and O–H groups in total. The van der Waals surface area contributed by atoms with E-state index in [-0.39, 0.29) is 30.2 Å². The molecule has 0 saturated carbocycles. The second-order valence-corrected chi connectivity index (χ2v) is 8.43. The summed E-state index contributed by atoms with van der Waals surface area (Å²) in [5, 5.41) is 3.93. The molecule has 5 nitrogen and oxygen atoms in total. The molecule has 0 atom stereocenters. The molecule has 180 valence electrons. The van der Waals surface area contributed by atoms with E-state index in [4.69, 9.17) is 0 Å². The lowest BCUT2D eigenvalue weighted by molar-refractivity contribution is -0.274. The summed E-state index contributed by atoms with van der Waals surface area (Å²) in [5.74, 6) is -0.513. The van der Waals surface area contributed by atoms with Crippen LogP contribution in [0.4, 0.5) is 18.9 Å². The molecule has 0 unspecified atom stereocenters. The van der Waals surface area contributed by atoms with Crippen molar-refractivity contribution in [2.24, 2.45) is 0 Å². The highest BCUT2D eigenvalue weighted by atomic mass is 19.4. The van der Waals surface area contributed by atoms with E-state index in [2.05, 4.69) is 10.1 Å². The number of alkyl halides is 3. The van der Waals surface area contributed by atoms with Gasteiger partial charge in [-0.3, -0.25) is 9.59 Å². The quantitative estimate of drug-likeness (QED) is 0.383. The van der Waals surface area contributed by atoms with Crippen LogP contribution in [0.2, 0.25) is 0 Å². The van der Waals surface area contributed by atoms with Gasteiger partial charge in [-0.05, 0) is 55.3 Å². The molecule has 3 aromatic carbocycles. The number of nitrogens with zero attached hydrogens (tertiary/aromatic N) is 1. The Hall–Kier alpha value is -4.07. The molecular formula is C27H23F3N2O3. The van der Waals surface area contributed by atoms with Crippen LogP contribution in [-0.4, -0.2) is 16.8 Å². The summed E-state index contributed by atoms with van der Waals surface area (Å²) in [6.45, 7) is 4.13. The zero-order valence-electron chi connectivity index (χ0n) is 19.1. The van der Waals surface area contributed by atoms with Gasteiger partial charge in [-0.2, -0.15) is 0 Å². The molecule has 0 fully saturated rings. The van der Waals surface area contributed by atoms with Crippen molar-refractivity contribution in [2.75, 3.05) is 5.32 Å². The summed E-state index contributed by atoms with van der Waals surface area (Å²) in [4.78, 5) is 25.7. The number of carbonyl (C=O) groups excluding carboxylic acids is 1. The number of rotatable bonds is 6. The zero-order chi connectivity index (χ0) is 25.2. The highest BCUT2D eigenvalue weighted by molar-refractivity contribution is 6.02. The van der Waals surface area contributed by atoms with Crippen LogP contribution in [0.25, 0.3) is 10.8 Å². The summed E-state index contributed by atoms with van der Waals surface area (Å²) in [6, 6.07) is 18.2. The van der Waals surface area contributed by atoms with Gasteiger partial charge in [0.05, 0.1) is 13.0 Å². The molecule has 1 amide bonds. The van der Waals surface area contributed by atoms with Gasteiger partial charge in [0.15, 0.2) is 0 Å². The number of hydrogen-bond donors (Lipinski definition) is 1. The predicted octanol–water partition coefficient (Wildman–Crippen LogP) is 5.75. The van der Waals surface area contributed by atoms with E-state index >= 15 is 0 Å². The third-order valence-corrected chi connectivity index (χ3v) is 5.45. The van der Waals surface area contributed by atoms with Crippen molar-refractivity contribution in [2.45, 2.75) is 33.2 Å². The molecule has 0 bridgehead atoms. The van der Waals surface area contributed by atoms with Crippen molar-refractivity contribution in [3.05, 3.63) is 106 Å². The van der Waals surface area contributed by atoms with Gasteiger partial charge in [-0.1, -0.05) is 47.5 Å². The molecule has 4 aromatic rings. The fourth-order valence-electron chi connectivity index (χ4n) is 4.10. The van der Waals surface area contributed by atoms with Gasteiger partial charge in [0.25, 0.3) is 5.56 Å². The third-order valence-electron chi connectivity index (χ3n) is 5.45. The first-order chi connectivity index (χ1) is 16.6. The van der Waals surface area contributed by atoms with Crippen LogP contribution in [0, 0.1) is 13.8 Å². The number of anilines is 1. The minimum atomic E-state index is -4.76. The Labute approximate surface area is 199 Å². The van der Waals surface area contributed by atoms with E-state index in [1.54, 1.807) is 30.5 Å². The number of pyridine rings is 1. The van der Waals surface area contributed by atoms with Gasteiger partial charge in [0.1, 0.15) is 5.75 Å². The topological polar surface area (TPSA) is 60.3 Å². The van der Waals surface area contributed by atoms with E-state index in [0.717, 1.165) is 16.7 Å². The molecule has 4 rings (SSSR count). The zero-order valence-corrected chi connectivity index (χ0v) is 19.1. The van der Waals surface area contributed by atoms with Gasteiger partial charge in [0.2, 0.25) is 5.91 Å². The summed E-state index contributed by atoms with van der Waals surface area (Å²) >= 11 is 0. The Morgan fingerprint density at radius 2 is 1.60 bits per heavy atom. The minimum absolute atomic E-state index is 0.171. The van der Waals surface area contributed by atoms with Crippen LogP contribution >= 0.6 is 0 Å². The number of halogens is 3. The van der Waals surface area contributed by atoms with Gasteiger partial charge < -0.3 is 14.6 Å². The van der Waals surface area contributed by atoms with Crippen LogP contribution in [0.1, 0.15) is 22.3 Å². The molecule has 0 aliphatic rings. The number of amides is 1. The average Bonchev–Trinajstić information content (AvgIpc) is 2.75. The Morgan fingerprint density at radius 3 is 2.26 bits per heavy atom. The summed E-state index contributed by atoms with van der Waals surface area (Å²) < 4.78 is 42.4. The van der Waals surface area contributed by atoms with Gasteiger partial charge in [-0.25, -0.2) is 0 Å². The molecule has 0 aliphatic carbocycles. The predicted molar refractivity (Wildman–Crippen MR) is 129 cm³/mol. The number of aromatic nitrogens is 1. The van der Waals surface area contributed by atoms with Crippen LogP contribution in [0.5, 0.6) is 5.75 Å². The molecule has 35 heavy (non-hydrogen) atoms. The number of fused-ring (bicyclic) bond motifs is 1. The maximum Gasteiger partial charge on any atom is 0.573 e. The maximum absolute atomic E-state index is 13.1. The second kappa shape index (κ2) is 9.66. The number of aryl methyl sites for hydroxylation is 2. The maximum atomic E-state index is 13.1. The molecule has 0 spiro atoms. The van der Waals surface area contributed by atoms with Crippen LogP contribution in [-0.2, 0) is 17.8 Å². The summed E-state index contributed by atoms with van der Waals surface area (Å²) in [6.07, 6.45) is -2.95. The summed E-state index contributed by atoms with van der Waals surface area (Å²) in [7, 11) is 0. The molecule has 1 aromatic heterocycles. The van der Waals surface area contributed by atoms with Crippen molar-refractivity contribution in [3.8, 4) is 5.75 Å². The average molecular weight is 480 g/mol. The lowest BCUT2D eigenvalue weighted by atomic mass is 10.0. The Kier molecular flexibility index (Phi) is 6.64. The standard InChI is InChI=1S/C27H23F3N2O3/c1-17-12-18(2)14-20(13-17)15-25(33)31-24-5-3-4-23-22(24)10-11-32(26(23)34)16-19-6-8-21(9-7-19)35-27(28,29)30/h3-14H,15-16H2,1-2H3,(H,31,33). The Bertz CT molecular complexity index is 1420. The fraction of sp³-hybridized carbons (Fsp3) is 0.185. The van der Waals surface area contributed by atoms with E-state index in [1.807, 2.05) is 32.0 Å². The number of nitrogens with one attached hydrogen (secondary N) is 1. The van der Waals surface area contributed by atoms with Gasteiger partial charge in [0, 0.05) is 22.7 Å². The highest BCUT2D eigenvalue weighted by Gasteiger charge is 2.30. The fourth-order valence-corrected chi connectivity index (χ4v) is 4.10. The molecule has 0 radical (unpaired) electrons. The van der Waals surface area contributed by atoms with E-state index in [1.165, 1.54) is 28.8 Å². The lowest BCUT2D eigenvalue weighted by Crippen LogP contribution is -2.21. The number of ether oxygens (including phenoxy) is 1. The van der Waals surface area contributed by atoms with Gasteiger partial charge >= 0.3 is 6.36 Å². The Morgan fingerprint density at radius 1 is 0.914 bits per heavy atom. The largest absolute Gasteiger partial charge is 0.573 e. The molecule has 1 heterocycles. The van der Waals surface area contributed by atoms with Crippen molar-refractivity contribution < 1.29 is 22.7 Å². The van der Waals surface area contributed by atoms with Crippen LogP contribution in [0.3, 0.4) is 0 Å². The van der Waals surface area contributed by atoms with E-state index < -0.39 is 6.36 Å². The smallest absolute Gasteiger partial charge is 0.406 e. The first-order valence-corrected chi connectivity index (χ1v) is 10.9. The van der Waals surface area contributed by atoms with Crippen LogP contribution < -0.4 is 15.6 Å². The summed E-state index contributed by atoms with van der Waals surface area (Å²) in [5.41, 5.74) is 3.98. The first kappa shape index (κ1) is 24.1. The van der Waals surface area contributed by atoms with E-state index in [0.29, 0.717) is 22.0 Å². The van der Waals surface area contributed by atoms with E-state index in [9.17, 15) is 22.8 Å². The van der Waals surface area contributed by atoms with Crippen molar-refractivity contribution >= 4 is 22.4 Å². The normalized spacial score (nSPS) is 11.5.